The maximum Gasteiger partial charge on any atom is 0.241 e. The molecule has 1 atom stereocenters. The standard InChI is InChI=1S/C15H15BrClNO2S/c1-2-15(11-3-7-13(17)8-4-11)18-21(19,20)14-9-5-12(16)6-10-14/h3-10,15,18H,2H2,1H3/t15-/m0/s1. The predicted molar refractivity (Wildman–Crippen MR) is 88.9 cm³/mol. The fourth-order valence-corrected chi connectivity index (χ4v) is 3.65. The minimum absolute atomic E-state index is 0.248. The minimum atomic E-state index is -3.55. The molecule has 0 radical (unpaired) electrons. The maximum atomic E-state index is 12.4. The quantitative estimate of drug-likeness (QED) is 0.818. The van der Waals surface area contributed by atoms with Gasteiger partial charge in [0.15, 0.2) is 0 Å². The van der Waals surface area contributed by atoms with E-state index in [1.54, 1.807) is 36.4 Å². The first kappa shape index (κ1) is 16.5. The first-order chi connectivity index (χ1) is 9.92. The Morgan fingerprint density at radius 3 is 2.19 bits per heavy atom. The summed E-state index contributed by atoms with van der Waals surface area (Å²) >= 11 is 9.15. The summed E-state index contributed by atoms with van der Waals surface area (Å²) < 4.78 is 28.4. The number of benzene rings is 2. The second kappa shape index (κ2) is 6.92. The van der Waals surface area contributed by atoms with Crippen molar-refractivity contribution >= 4 is 37.6 Å². The van der Waals surface area contributed by atoms with E-state index in [0.717, 1.165) is 10.0 Å². The molecule has 0 aliphatic rings. The molecule has 0 aliphatic heterocycles. The number of hydrogen-bond donors (Lipinski definition) is 1. The zero-order valence-electron chi connectivity index (χ0n) is 11.4. The third kappa shape index (κ3) is 4.30. The van der Waals surface area contributed by atoms with Crippen molar-refractivity contribution in [3.63, 3.8) is 0 Å². The lowest BCUT2D eigenvalue weighted by molar-refractivity contribution is 0.550. The van der Waals surface area contributed by atoms with E-state index in [-0.39, 0.29) is 10.9 Å². The zero-order chi connectivity index (χ0) is 15.5. The van der Waals surface area contributed by atoms with E-state index in [1.165, 1.54) is 0 Å². The molecule has 0 aliphatic carbocycles. The Labute approximate surface area is 138 Å². The van der Waals surface area contributed by atoms with Gasteiger partial charge in [-0.2, -0.15) is 0 Å². The monoisotopic (exact) mass is 387 g/mol. The van der Waals surface area contributed by atoms with Crippen LogP contribution in [0.25, 0.3) is 0 Å². The summed E-state index contributed by atoms with van der Waals surface area (Å²) in [5, 5.41) is 0.629. The highest BCUT2D eigenvalue weighted by molar-refractivity contribution is 9.10. The predicted octanol–water partition coefficient (Wildman–Crippen LogP) is 4.53. The third-order valence-corrected chi connectivity index (χ3v) is 5.37. The average Bonchev–Trinajstić information content (AvgIpc) is 2.46. The van der Waals surface area contributed by atoms with Crippen LogP contribution in [0, 0.1) is 0 Å². The largest absolute Gasteiger partial charge is 0.241 e. The van der Waals surface area contributed by atoms with Gasteiger partial charge in [-0.05, 0) is 48.4 Å². The maximum absolute atomic E-state index is 12.4. The van der Waals surface area contributed by atoms with E-state index in [4.69, 9.17) is 11.6 Å². The number of nitrogens with one attached hydrogen (secondary N) is 1. The number of sulfonamides is 1. The van der Waals surface area contributed by atoms with Crippen LogP contribution in [0.1, 0.15) is 24.9 Å². The Balaban J connectivity index is 2.24. The van der Waals surface area contributed by atoms with Crippen LogP contribution < -0.4 is 4.72 Å². The Hall–Kier alpha value is -0.880. The molecule has 2 rings (SSSR count). The lowest BCUT2D eigenvalue weighted by atomic mass is 10.1. The van der Waals surface area contributed by atoms with Crippen molar-refractivity contribution in [1.82, 2.24) is 4.72 Å². The van der Waals surface area contributed by atoms with Crippen LogP contribution in [0.5, 0.6) is 0 Å². The van der Waals surface area contributed by atoms with Crippen LogP contribution in [0.4, 0.5) is 0 Å². The van der Waals surface area contributed by atoms with Crippen LogP contribution in [-0.2, 0) is 10.0 Å². The molecule has 0 amide bonds. The van der Waals surface area contributed by atoms with Gasteiger partial charge in [0.05, 0.1) is 4.90 Å². The first-order valence-corrected chi connectivity index (χ1v) is 9.11. The number of rotatable bonds is 5. The van der Waals surface area contributed by atoms with E-state index in [1.807, 2.05) is 19.1 Å². The zero-order valence-corrected chi connectivity index (χ0v) is 14.5. The summed E-state index contributed by atoms with van der Waals surface area (Å²) in [5.74, 6) is 0. The van der Waals surface area contributed by atoms with E-state index in [0.29, 0.717) is 11.4 Å². The first-order valence-electron chi connectivity index (χ1n) is 6.45. The highest BCUT2D eigenvalue weighted by Crippen LogP contribution is 2.22. The summed E-state index contributed by atoms with van der Waals surface area (Å²) in [5.41, 5.74) is 0.891. The van der Waals surface area contributed by atoms with Crippen LogP contribution in [-0.4, -0.2) is 8.42 Å². The van der Waals surface area contributed by atoms with Gasteiger partial charge in [-0.25, -0.2) is 13.1 Å². The summed E-state index contributed by atoms with van der Waals surface area (Å²) in [6.45, 7) is 1.93. The summed E-state index contributed by atoms with van der Waals surface area (Å²) in [4.78, 5) is 0.248. The summed E-state index contributed by atoms with van der Waals surface area (Å²) in [6, 6.07) is 13.5. The SMILES string of the molecule is CC[C@H](NS(=O)(=O)c1ccc(Br)cc1)c1ccc(Cl)cc1. The Morgan fingerprint density at radius 1 is 1.10 bits per heavy atom. The molecule has 0 saturated carbocycles. The van der Waals surface area contributed by atoms with Crippen molar-refractivity contribution in [1.29, 1.82) is 0 Å². The minimum Gasteiger partial charge on any atom is -0.207 e. The van der Waals surface area contributed by atoms with Gasteiger partial charge in [-0.1, -0.05) is 46.6 Å². The lowest BCUT2D eigenvalue weighted by Gasteiger charge is -2.17. The number of halogens is 2. The molecule has 1 N–H and O–H groups in total. The second-order valence-corrected chi connectivity index (χ2v) is 7.65. The van der Waals surface area contributed by atoms with Crippen LogP contribution in [0.2, 0.25) is 5.02 Å². The van der Waals surface area contributed by atoms with Crippen molar-refractivity contribution < 1.29 is 8.42 Å². The molecule has 0 spiro atoms. The average molecular weight is 389 g/mol. The van der Waals surface area contributed by atoms with E-state index in [9.17, 15) is 8.42 Å². The van der Waals surface area contributed by atoms with Crippen LogP contribution in [0.3, 0.4) is 0 Å². The number of hydrogen-bond acceptors (Lipinski definition) is 2. The highest BCUT2D eigenvalue weighted by Gasteiger charge is 2.20. The van der Waals surface area contributed by atoms with Crippen molar-refractivity contribution in [2.75, 3.05) is 0 Å². The molecular formula is C15H15BrClNO2S. The Kier molecular flexibility index (Phi) is 5.43. The van der Waals surface area contributed by atoms with Crippen molar-refractivity contribution in [2.24, 2.45) is 0 Å². The molecule has 0 fully saturated rings. The van der Waals surface area contributed by atoms with Gasteiger partial charge in [-0.15, -0.1) is 0 Å². The fourth-order valence-electron chi connectivity index (χ4n) is 1.95. The van der Waals surface area contributed by atoms with E-state index >= 15 is 0 Å². The molecule has 0 unspecified atom stereocenters. The van der Waals surface area contributed by atoms with Crippen molar-refractivity contribution in [3.05, 3.63) is 63.6 Å². The normalized spacial score (nSPS) is 13.1. The van der Waals surface area contributed by atoms with Gasteiger partial charge in [0.25, 0.3) is 0 Å². The molecule has 6 heteroatoms. The van der Waals surface area contributed by atoms with Crippen molar-refractivity contribution in [2.45, 2.75) is 24.3 Å². The molecular weight excluding hydrogens is 374 g/mol. The smallest absolute Gasteiger partial charge is 0.207 e. The molecule has 0 heterocycles. The molecule has 2 aromatic carbocycles. The lowest BCUT2D eigenvalue weighted by Crippen LogP contribution is -2.28. The molecule has 2 aromatic rings. The van der Waals surface area contributed by atoms with Gasteiger partial charge in [0.1, 0.15) is 0 Å². The van der Waals surface area contributed by atoms with Crippen LogP contribution in [0.15, 0.2) is 57.9 Å². The molecule has 3 nitrogen and oxygen atoms in total. The molecule has 21 heavy (non-hydrogen) atoms. The molecule has 0 bridgehead atoms. The van der Waals surface area contributed by atoms with Gasteiger partial charge in [0, 0.05) is 15.5 Å². The van der Waals surface area contributed by atoms with E-state index < -0.39 is 10.0 Å². The second-order valence-electron chi connectivity index (χ2n) is 4.59. The summed E-state index contributed by atoms with van der Waals surface area (Å²) in [6.07, 6.45) is 0.650. The molecule has 0 saturated heterocycles. The summed E-state index contributed by atoms with van der Waals surface area (Å²) in [7, 11) is -3.55. The topological polar surface area (TPSA) is 46.2 Å². The molecule has 112 valence electrons. The van der Waals surface area contributed by atoms with Crippen LogP contribution >= 0.6 is 27.5 Å². The van der Waals surface area contributed by atoms with Gasteiger partial charge in [-0.3, -0.25) is 0 Å². The van der Waals surface area contributed by atoms with Crippen molar-refractivity contribution in [3.8, 4) is 0 Å². The fraction of sp³-hybridized carbons (Fsp3) is 0.200. The Morgan fingerprint density at radius 2 is 1.67 bits per heavy atom. The molecule has 0 aromatic heterocycles. The third-order valence-electron chi connectivity index (χ3n) is 3.10. The van der Waals surface area contributed by atoms with E-state index in [2.05, 4.69) is 20.7 Å². The highest BCUT2D eigenvalue weighted by atomic mass is 79.9. The Bertz CT molecular complexity index is 699. The van der Waals surface area contributed by atoms with Gasteiger partial charge in [0.2, 0.25) is 10.0 Å². The van der Waals surface area contributed by atoms with Gasteiger partial charge < -0.3 is 0 Å². The van der Waals surface area contributed by atoms with Gasteiger partial charge >= 0.3 is 0 Å².